The number of halogens is 3. The molecule has 86 valence electrons. The van der Waals surface area contributed by atoms with E-state index in [-0.39, 0.29) is 30.7 Å². The normalized spacial score (nSPS) is 33.9. The highest BCUT2D eigenvalue weighted by molar-refractivity contribution is 6.27. The molecule has 0 N–H and O–H groups in total. The molecule has 1 saturated carbocycles. The summed E-state index contributed by atoms with van der Waals surface area (Å²) in [6.45, 7) is 0.648. The predicted molar refractivity (Wildman–Crippen MR) is 53.1 cm³/mol. The fourth-order valence-corrected chi connectivity index (χ4v) is 2.88. The average molecular weight is 238 g/mol. The number of amides is 1. The Hall–Kier alpha value is -0.380. The molecule has 0 aromatic carbocycles. The Morgan fingerprint density at radius 1 is 1.47 bits per heavy atom. The van der Waals surface area contributed by atoms with E-state index in [0.29, 0.717) is 13.0 Å². The molecule has 2 atom stereocenters. The van der Waals surface area contributed by atoms with E-state index >= 15 is 0 Å². The van der Waals surface area contributed by atoms with Gasteiger partial charge in [0.15, 0.2) is 0 Å². The van der Waals surface area contributed by atoms with Gasteiger partial charge in [0.05, 0.1) is 0 Å². The van der Waals surface area contributed by atoms with E-state index in [1.807, 2.05) is 0 Å². The van der Waals surface area contributed by atoms with E-state index < -0.39 is 11.8 Å². The molecular formula is C10H14ClF2NO. The molecule has 2 fully saturated rings. The summed E-state index contributed by atoms with van der Waals surface area (Å²) in [7, 11) is 0. The zero-order chi connectivity index (χ0) is 11.1. The molecule has 2 aliphatic rings. The lowest BCUT2D eigenvalue weighted by Gasteiger charge is -2.32. The molecule has 15 heavy (non-hydrogen) atoms. The lowest BCUT2D eigenvalue weighted by atomic mass is 9.79. The average Bonchev–Trinajstić information content (AvgIpc) is 2.61. The summed E-state index contributed by atoms with van der Waals surface area (Å²) in [5.74, 6) is -3.59. The fraction of sp³-hybridized carbons (Fsp3) is 0.900. The molecule has 5 heteroatoms. The standard InChI is InChI=1S/C10H14ClF2NO/c11-4-9(15)14-5-7-2-1-3-10(12,13)8(7)6-14/h7-8H,1-6H2. The van der Waals surface area contributed by atoms with Gasteiger partial charge in [0.1, 0.15) is 5.88 Å². The number of rotatable bonds is 1. The van der Waals surface area contributed by atoms with Crippen LogP contribution in [0, 0.1) is 11.8 Å². The van der Waals surface area contributed by atoms with Crippen molar-refractivity contribution in [2.24, 2.45) is 11.8 Å². The van der Waals surface area contributed by atoms with E-state index in [1.165, 1.54) is 4.90 Å². The second-order valence-corrected chi connectivity index (χ2v) is 4.72. The maximum absolute atomic E-state index is 13.5. The van der Waals surface area contributed by atoms with Crippen molar-refractivity contribution in [1.82, 2.24) is 4.90 Å². The van der Waals surface area contributed by atoms with Gasteiger partial charge in [0, 0.05) is 25.4 Å². The quantitative estimate of drug-likeness (QED) is 0.640. The van der Waals surface area contributed by atoms with Crippen LogP contribution >= 0.6 is 11.6 Å². The maximum atomic E-state index is 13.5. The first-order chi connectivity index (χ1) is 7.04. The summed E-state index contributed by atoms with van der Waals surface area (Å²) < 4.78 is 27.1. The minimum atomic E-state index is -2.59. The molecule has 0 aromatic rings. The van der Waals surface area contributed by atoms with Crippen molar-refractivity contribution >= 4 is 17.5 Å². The Morgan fingerprint density at radius 3 is 2.80 bits per heavy atom. The van der Waals surface area contributed by atoms with Crippen molar-refractivity contribution in [2.75, 3.05) is 19.0 Å². The molecule has 1 heterocycles. The molecule has 2 unspecified atom stereocenters. The molecule has 1 amide bonds. The minimum absolute atomic E-state index is 0.0269. The first-order valence-electron chi connectivity index (χ1n) is 5.26. The third-order valence-corrected chi connectivity index (χ3v) is 3.76. The van der Waals surface area contributed by atoms with Crippen molar-refractivity contribution in [3.05, 3.63) is 0 Å². The van der Waals surface area contributed by atoms with Gasteiger partial charge < -0.3 is 4.90 Å². The Labute approximate surface area is 92.6 Å². The van der Waals surface area contributed by atoms with Crippen LogP contribution in [0.15, 0.2) is 0 Å². The van der Waals surface area contributed by atoms with Crippen LogP contribution in [0.3, 0.4) is 0 Å². The van der Waals surface area contributed by atoms with Crippen LogP contribution in [0.4, 0.5) is 8.78 Å². The van der Waals surface area contributed by atoms with Crippen LogP contribution in [0.2, 0.25) is 0 Å². The summed E-state index contributed by atoms with van der Waals surface area (Å²) in [6.07, 6.45) is 1.35. The van der Waals surface area contributed by atoms with Crippen LogP contribution in [0.1, 0.15) is 19.3 Å². The number of fused-ring (bicyclic) bond motifs is 1. The highest BCUT2D eigenvalue weighted by atomic mass is 35.5. The van der Waals surface area contributed by atoms with Gasteiger partial charge in [0.25, 0.3) is 5.92 Å². The SMILES string of the molecule is O=C(CCl)N1CC2CCCC(F)(F)C2C1. The van der Waals surface area contributed by atoms with E-state index in [1.54, 1.807) is 0 Å². The number of likely N-dealkylation sites (tertiary alicyclic amines) is 1. The van der Waals surface area contributed by atoms with Gasteiger partial charge in [-0.1, -0.05) is 0 Å². The van der Waals surface area contributed by atoms with Gasteiger partial charge >= 0.3 is 0 Å². The maximum Gasteiger partial charge on any atom is 0.252 e. The molecule has 0 radical (unpaired) electrons. The number of carbonyl (C=O) groups excluding carboxylic acids is 1. The lowest BCUT2D eigenvalue weighted by Crippen LogP contribution is -2.38. The van der Waals surface area contributed by atoms with Crippen LogP contribution in [-0.4, -0.2) is 35.7 Å². The molecule has 2 nitrogen and oxygen atoms in total. The van der Waals surface area contributed by atoms with Gasteiger partial charge in [0.2, 0.25) is 5.91 Å². The van der Waals surface area contributed by atoms with Crippen LogP contribution < -0.4 is 0 Å². The monoisotopic (exact) mass is 237 g/mol. The third kappa shape index (κ3) is 1.96. The first kappa shape index (κ1) is 11.1. The van der Waals surface area contributed by atoms with Gasteiger partial charge in [-0.05, 0) is 18.8 Å². The van der Waals surface area contributed by atoms with Gasteiger partial charge in [-0.3, -0.25) is 4.79 Å². The van der Waals surface area contributed by atoms with Crippen molar-refractivity contribution < 1.29 is 13.6 Å². The molecule has 2 rings (SSSR count). The summed E-state index contributed by atoms with van der Waals surface area (Å²) in [5.41, 5.74) is 0. The van der Waals surface area contributed by atoms with Crippen molar-refractivity contribution in [3.8, 4) is 0 Å². The van der Waals surface area contributed by atoms with E-state index in [4.69, 9.17) is 11.6 Å². The number of carbonyl (C=O) groups is 1. The van der Waals surface area contributed by atoms with Crippen LogP contribution in [0.5, 0.6) is 0 Å². The highest BCUT2D eigenvalue weighted by Crippen LogP contribution is 2.45. The summed E-state index contributed by atoms with van der Waals surface area (Å²) >= 11 is 5.42. The topological polar surface area (TPSA) is 20.3 Å². The van der Waals surface area contributed by atoms with E-state index in [2.05, 4.69) is 0 Å². The smallest absolute Gasteiger partial charge is 0.252 e. The molecule has 1 saturated heterocycles. The van der Waals surface area contributed by atoms with Crippen molar-refractivity contribution in [1.29, 1.82) is 0 Å². The lowest BCUT2D eigenvalue weighted by molar-refractivity contribution is -0.128. The van der Waals surface area contributed by atoms with Crippen molar-refractivity contribution in [3.63, 3.8) is 0 Å². The number of nitrogens with zero attached hydrogens (tertiary/aromatic N) is 1. The summed E-state index contributed by atoms with van der Waals surface area (Å²) in [6, 6.07) is 0. The highest BCUT2D eigenvalue weighted by Gasteiger charge is 2.51. The van der Waals surface area contributed by atoms with E-state index in [0.717, 1.165) is 6.42 Å². The Balaban J connectivity index is 2.08. The van der Waals surface area contributed by atoms with Crippen molar-refractivity contribution in [2.45, 2.75) is 25.2 Å². The third-order valence-electron chi connectivity index (χ3n) is 3.54. The first-order valence-corrected chi connectivity index (χ1v) is 5.79. The second kappa shape index (κ2) is 3.89. The molecule has 0 bridgehead atoms. The zero-order valence-electron chi connectivity index (χ0n) is 8.39. The summed E-state index contributed by atoms with van der Waals surface area (Å²) in [4.78, 5) is 12.8. The molecular weight excluding hydrogens is 224 g/mol. The summed E-state index contributed by atoms with van der Waals surface area (Å²) in [5, 5.41) is 0. The van der Waals surface area contributed by atoms with Gasteiger partial charge in [-0.25, -0.2) is 8.78 Å². The Kier molecular flexibility index (Phi) is 2.88. The van der Waals surface area contributed by atoms with Crippen LogP contribution in [-0.2, 0) is 4.79 Å². The minimum Gasteiger partial charge on any atom is -0.341 e. The Morgan fingerprint density at radius 2 is 2.20 bits per heavy atom. The molecule has 1 aliphatic carbocycles. The number of hydrogen-bond acceptors (Lipinski definition) is 1. The zero-order valence-corrected chi connectivity index (χ0v) is 9.14. The fourth-order valence-electron chi connectivity index (χ4n) is 2.72. The number of alkyl halides is 3. The molecule has 0 spiro atoms. The largest absolute Gasteiger partial charge is 0.341 e. The number of hydrogen-bond donors (Lipinski definition) is 0. The predicted octanol–water partition coefficient (Wildman–Crippen LogP) is 2.12. The molecule has 1 aliphatic heterocycles. The molecule has 0 aromatic heterocycles. The van der Waals surface area contributed by atoms with E-state index in [9.17, 15) is 13.6 Å². The van der Waals surface area contributed by atoms with Gasteiger partial charge in [-0.2, -0.15) is 0 Å². The second-order valence-electron chi connectivity index (χ2n) is 4.45. The Bertz CT molecular complexity index is 272. The van der Waals surface area contributed by atoms with Crippen LogP contribution in [0.25, 0.3) is 0 Å². The van der Waals surface area contributed by atoms with Gasteiger partial charge in [-0.15, -0.1) is 11.6 Å².